The number of ether oxygens (including phenoxy) is 1. The normalized spacial score (nSPS) is 9.29. The first-order valence-electron chi connectivity index (χ1n) is 4.07. The Morgan fingerprint density at radius 1 is 1.57 bits per heavy atom. The third-order valence-electron chi connectivity index (χ3n) is 1.90. The van der Waals surface area contributed by atoms with Gasteiger partial charge in [0, 0.05) is 5.56 Å². The van der Waals surface area contributed by atoms with Crippen molar-refractivity contribution in [2.45, 2.75) is 13.2 Å². The number of aliphatic imine (C=N–C) groups is 1. The van der Waals surface area contributed by atoms with E-state index >= 15 is 0 Å². The molecule has 0 saturated heterocycles. The number of benzene rings is 1. The summed E-state index contributed by atoms with van der Waals surface area (Å²) in [7, 11) is 1.47. The predicted octanol–water partition coefficient (Wildman–Crippen LogP) is 2.00. The second-order valence-electron chi connectivity index (χ2n) is 2.64. The number of hydrogen-bond acceptors (Lipinski definition) is 3. The smallest absolute Gasteiger partial charge is 0.235 e. The molecule has 4 heteroatoms. The Bertz CT molecular complexity index is 359. The molecule has 3 nitrogen and oxygen atoms in total. The maximum atomic E-state index is 12.6. The quantitative estimate of drug-likeness (QED) is 0.544. The molecular formula is C10H10FNO2. The Balaban J connectivity index is 3.07. The van der Waals surface area contributed by atoms with Crippen LogP contribution >= 0.6 is 0 Å². The van der Waals surface area contributed by atoms with Crippen molar-refractivity contribution in [1.29, 1.82) is 0 Å². The summed E-state index contributed by atoms with van der Waals surface area (Å²) in [6, 6.07) is 5.11. The first kappa shape index (κ1) is 10.4. The van der Waals surface area contributed by atoms with Gasteiger partial charge >= 0.3 is 0 Å². The molecule has 0 saturated carbocycles. The van der Waals surface area contributed by atoms with Crippen molar-refractivity contribution in [1.82, 2.24) is 0 Å². The maximum absolute atomic E-state index is 12.6. The van der Waals surface area contributed by atoms with Crippen molar-refractivity contribution >= 4 is 6.08 Å². The zero-order valence-corrected chi connectivity index (χ0v) is 7.79. The Kier molecular flexibility index (Phi) is 3.83. The lowest BCUT2D eigenvalue weighted by atomic mass is 10.1. The predicted molar refractivity (Wildman–Crippen MR) is 49.6 cm³/mol. The van der Waals surface area contributed by atoms with Crippen molar-refractivity contribution < 1.29 is 13.9 Å². The molecule has 0 radical (unpaired) electrons. The molecule has 14 heavy (non-hydrogen) atoms. The number of methoxy groups -OCH3 is 1. The van der Waals surface area contributed by atoms with Crippen LogP contribution < -0.4 is 4.74 Å². The highest BCUT2D eigenvalue weighted by atomic mass is 19.1. The summed E-state index contributed by atoms with van der Waals surface area (Å²) in [5.74, 6) is 0.478. The monoisotopic (exact) mass is 195 g/mol. The summed E-state index contributed by atoms with van der Waals surface area (Å²) in [6.07, 6.45) is 1.42. The van der Waals surface area contributed by atoms with Gasteiger partial charge in [0.1, 0.15) is 12.4 Å². The van der Waals surface area contributed by atoms with Gasteiger partial charge < -0.3 is 4.74 Å². The van der Waals surface area contributed by atoms with Crippen LogP contribution in [0, 0.1) is 0 Å². The SMILES string of the molecule is COc1cccc(CN=C=O)c1CF. The Labute approximate surface area is 81.2 Å². The highest BCUT2D eigenvalue weighted by Gasteiger charge is 2.07. The van der Waals surface area contributed by atoms with Crippen LogP contribution in [0.4, 0.5) is 4.39 Å². The second kappa shape index (κ2) is 5.14. The van der Waals surface area contributed by atoms with Gasteiger partial charge in [-0.2, -0.15) is 0 Å². The summed E-state index contributed by atoms with van der Waals surface area (Å²) in [6.45, 7) is -0.492. The third kappa shape index (κ3) is 2.18. The fourth-order valence-corrected chi connectivity index (χ4v) is 1.22. The average Bonchev–Trinajstić information content (AvgIpc) is 2.25. The average molecular weight is 195 g/mol. The lowest BCUT2D eigenvalue weighted by Gasteiger charge is -2.08. The number of carbonyl (C=O) groups excluding carboxylic acids is 1. The standard InChI is InChI=1S/C10H10FNO2/c1-14-10-4-2-3-8(6-12-7-13)9(10)5-11/h2-4H,5-6H2,1H3. The van der Waals surface area contributed by atoms with E-state index in [1.165, 1.54) is 13.2 Å². The van der Waals surface area contributed by atoms with Gasteiger partial charge in [0.15, 0.2) is 0 Å². The van der Waals surface area contributed by atoms with E-state index in [2.05, 4.69) is 4.99 Å². The molecule has 0 atom stereocenters. The van der Waals surface area contributed by atoms with Gasteiger partial charge in [0.25, 0.3) is 0 Å². The van der Waals surface area contributed by atoms with E-state index in [0.29, 0.717) is 16.9 Å². The van der Waals surface area contributed by atoms with E-state index in [1.54, 1.807) is 18.2 Å². The molecule has 0 aliphatic carbocycles. The van der Waals surface area contributed by atoms with Crippen molar-refractivity contribution in [3.05, 3.63) is 29.3 Å². The summed E-state index contributed by atoms with van der Waals surface area (Å²) in [4.78, 5) is 13.3. The maximum Gasteiger partial charge on any atom is 0.235 e. The number of nitrogens with zero attached hydrogens (tertiary/aromatic N) is 1. The highest BCUT2D eigenvalue weighted by molar-refractivity contribution is 5.41. The van der Waals surface area contributed by atoms with Crippen LogP contribution in [0.15, 0.2) is 23.2 Å². The molecule has 0 aliphatic rings. The summed E-state index contributed by atoms with van der Waals surface area (Å²) in [5.41, 5.74) is 1.09. The Hall–Kier alpha value is -1.67. The van der Waals surface area contributed by atoms with Crippen LogP contribution in [-0.4, -0.2) is 13.2 Å². The van der Waals surface area contributed by atoms with Crippen molar-refractivity contribution in [3.8, 4) is 5.75 Å². The zero-order chi connectivity index (χ0) is 10.4. The number of halogens is 1. The molecule has 0 heterocycles. The second-order valence-corrected chi connectivity index (χ2v) is 2.64. The first-order chi connectivity index (χ1) is 6.83. The molecular weight excluding hydrogens is 185 g/mol. The number of hydrogen-bond donors (Lipinski definition) is 0. The van der Waals surface area contributed by atoms with E-state index in [-0.39, 0.29) is 6.54 Å². The van der Waals surface area contributed by atoms with Gasteiger partial charge in [-0.1, -0.05) is 12.1 Å². The topological polar surface area (TPSA) is 38.7 Å². The van der Waals surface area contributed by atoms with Gasteiger partial charge in [-0.3, -0.25) is 0 Å². The number of isocyanates is 1. The van der Waals surface area contributed by atoms with Crippen LogP contribution in [0.3, 0.4) is 0 Å². The van der Waals surface area contributed by atoms with Crippen molar-refractivity contribution in [2.75, 3.05) is 7.11 Å². The van der Waals surface area contributed by atoms with Crippen LogP contribution in [-0.2, 0) is 18.0 Å². The molecule has 0 aliphatic heterocycles. The van der Waals surface area contributed by atoms with E-state index in [0.717, 1.165) is 0 Å². The Morgan fingerprint density at radius 3 is 2.93 bits per heavy atom. The Morgan fingerprint density at radius 2 is 2.36 bits per heavy atom. The molecule has 0 bridgehead atoms. The minimum absolute atomic E-state index is 0.139. The third-order valence-corrected chi connectivity index (χ3v) is 1.90. The molecule has 0 unspecified atom stereocenters. The van der Waals surface area contributed by atoms with E-state index in [1.807, 2.05) is 0 Å². The van der Waals surface area contributed by atoms with Crippen LogP contribution in [0.25, 0.3) is 0 Å². The largest absolute Gasteiger partial charge is 0.496 e. The van der Waals surface area contributed by atoms with Crippen molar-refractivity contribution in [3.63, 3.8) is 0 Å². The molecule has 0 aromatic heterocycles. The van der Waals surface area contributed by atoms with E-state index in [9.17, 15) is 9.18 Å². The number of rotatable bonds is 4. The van der Waals surface area contributed by atoms with Crippen LogP contribution in [0.1, 0.15) is 11.1 Å². The fraction of sp³-hybridized carbons (Fsp3) is 0.300. The summed E-state index contributed by atoms with van der Waals surface area (Å²) < 4.78 is 17.6. The molecule has 0 spiro atoms. The summed E-state index contributed by atoms with van der Waals surface area (Å²) >= 11 is 0. The van der Waals surface area contributed by atoms with Crippen molar-refractivity contribution in [2.24, 2.45) is 4.99 Å². The van der Waals surface area contributed by atoms with Gasteiger partial charge in [-0.15, -0.1) is 0 Å². The van der Waals surface area contributed by atoms with Gasteiger partial charge in [-0.05, 0) is 11.6 Å². The lowest BCUT2D eigenvalue weighted by Crippen LogP contribution is -1.95. The minimum atomic E-state index is -0.631. The zero-order valence-electron chi connectivity index (χ0n) is 7.79. The lowest BCUT2D eigenvalue weighted by molar-refractivity contribution is 0.392. The summed E-state index contributed by atoms with van der Waals surface area (Å²) in [5, 5.41) is 0. The van der Waals surface area contributed by atoms with E-state index < -0.39 is 6.67 Å². The molecule has 1 aromatic carbocycles. The molecule has 0 fully saturated rings. The van der Waals surface area contributed by atoms with Crippen LogP contribution in [0.2, 0.25) is 0 Å². The molecule has 1 rings (SSSR count). The van der Waals surface area contributed by atoms with Crippen LogP contribution in [0.5, 0.6) is 5.75 Å². The van der Waals surface area contributed by atoms with E-state index in [4.69, 9.17) is 4.74 Å². The minimum Gasteiger partial charge on any atom is -0.496 e. The molecule has 0 N–H and O–H groups in total. The van der Waals surface area contributed by atoms with Gasteiger partial charge in [0.05, 0.1) is 13.7 Å². The first-order valence-corrected chi connectivity index (χ1v) is 4.07. The van der Waals surface area contributed by atoms with Gasteiger partial charge in [0.2, 0.25) is 6.08 Å². The molecule has 0 amide bonds. The fourth-order valence-electron chi connectivity index (χ4n) is 1.22. The number of alkyl halides is 1. The highest BCUT2D eigenvalue weighted by Crippen LogP contribution is 2.23. The molecule has 1 aromatic rings. The molecule has 74 valence electrons. The van der Waals surface area contributed by atoms with Gasteiger partial charge in [-0.25, -0.2) is 14.2 Å².